The Kier molecular flexibility index (Phi) is 35.4. The molecule has 1 unspecified atom stereocenters. The summed E-state index contributed by atoms with van der Waals surface area (Å²) < 4.78 is 34.3. The molecule has 0 aromatic rings. The molecule has 0 aliphatic rings. The number of ether oxygens (including phenoxy) is 2. The number of hydrogen-bond acceptors (Lipinski definition) is 7. The van der Waals surface area contributed by atoms with Crippen molar-refractivity contribution in [3.8, 4) is 0 Å². The number of hydrogen-bond donors (Lipinski definition) is 0. The lowest BCUT2D eigenvalue weighted by Crippen LogP contribution is -2.37. The molecule has 8 nitrogen and oxygen atoms in total. The maximum Gasteiger partial charge on any atom is 0.306 e. The van der Waals surface area contributed by atoms with Gasteiger partial charge in [-0.3, -0.25) is 9.36 Å². The highest BCUT2D eigenvalue weighted by atomic mass is 31.2. The van der Waals surface area contributed by atoms with Crippen LogP contribution in [0.2, 0.25) is 0 Å². The van der Waals surface area contributed by atoms with Crippen molar-refractivity contribution in [2.45, 2.75) is 206 Å². The largest absolute Gasteiger partial charge is 0.756 e. The van der Waals surface area contributed by atoms with Crippen LogP contribution >= 0.6 is 7.82 Å². The van der Waals surface area contributed by atoms with E-state index in [1.54, 1.807) is 6.26 Å². The van der Waals surface area contributed by atoms with Gasteiger partial charge in [0.05, 0.1) is 34.0 Å². The summed E-state index contributed by atoms with van der Waals surface area (Å²) in [6.45, 7) is 4.76. The van der Waals surface area contributed by atoms with Crippen LogP contribution in [-0.2, 0) is 27.9 Å². The van der Waals surface area contributed by atoms with Crippen LogP contribution in [0.1, 0.15) is 200 Å². The Bertz CT molecular complexity index is 833. The smallest absolute Gasteiger partial charge is 0.306 e. The third-order valence-corrected chi connectivity index (χ3v) is 10.4. The topological polar surface area (TPSA) is 94.1 Å². The summed E-state index contributed by atoms with van der Waals surface area (Å²) in [6.07, 6.45) is 38.8. The fourth-order valence-electron chi connectivity index (χ4n) is 6.04. The van der Waals surface area contributed by atoms with Crippen LogP contribution in [0.3, 0.4) is 0 Å². The first-order valence-corrected chi connectivity index (χ1v) is 22.9. The van der Waals surface area contributed by atoms with Crippen LogP contribution in [0.5, 0.6) is 0 Å². The van der Waals surface area contributed by atoms with E-state index in [0.29, 0.717) is 17.4 Å². The molecular formula is C42H84NO7P. The van der Waals surface area contributed by atoms with Crippen molar-refractivity contribution in [2.75, 3.05) is 47.5 Å². The molecule has 0 spiro atoms. The second kappa shape index (κ2) is 36.1. The Labute approximate surface area is 316 Å². The zero-order chi connectivity index (χ0) is 37.7. The summed E-state index contributed by atoms with van der Waals surface area (Å²) >= 11 is 0. The first-order valence-electron chi connectivity index (χ1n) is 21.5. The molecule has 0 saturated carbocycles. The van der Waals surface area contributed by atoms with Crippen LogP contribution in [0.4, 0.5) is 0 Å². The van der Waals surface area contributed by atoms with Crippen LogP contribution < -0.4 is 4.89 Å². The lowest BCUT2D eigenvalue weighted by Gasteiger charge is -2.28. The third kappa shape index (κ3) is 40.1. The Morgan fingerprint density at radius 2 is 1.02 bits per heavy atom. The van der Waals surface area contributed by atoms with Gasteiger partial charge in [0.15, 0.2) is 6.10 Å². The lowest BCUT2D eigenvalue weighted by molar-refractivity contribution is -0.870. The third-order valence-electron chi connectivity index (χ3n) is 9.41. The lowest BCUT2D eigenvalue weighted by atomic mass is 10.0. The first kappa shape index (κ1) is 50.1. The molecule has 0 bridgehead atoms. The van der Waals surface area contributed by atoms with Crippen molar-refractivity contribution in [3.05, 3.63) is 12.3 Å². The Morgan fingerprint density at radius 1 is 0.608 bits per heavy atom. The average molecular weight is 746 g/mol. The van der Waals surface area contributed by atoms with E-state index in [4.69, 9.17) is 18.5 Å². The molecule has 0 saturated heterocycles. The van der Waals surface area contributed by atoms with E-state index >= 15 is 0 Å². The van der Waals surface area contributed by atoms with Gasteiger partial charge in [0.1, 0.15) is 19.8 Å². The van der Waals surface area contributed by atoms with E-state index in [1.807, 2.05) is 27.2 Å². The standard InChI is InChI=1S/C42H84NO7P/c1-6-8-10-12-14-16-18-20-21-22-24-26-28-30-32-34-37-47-39-41(40-49-51(45,46)48-38-36-43(3,4)5)50-42(44)35-33-31-29-27-25-23-19-17-15-13-11-9-7-2/h34,37,41H,6-33,35-36,38-40H2,1-5H3/b37-34+/t41-/m1/s1. The second-order valence-corrected chi connectivity index (χ2v) is 17.2. The number of esters is 1. The highest BCUT2D eigenvalue weighted by molar-refractivity contribution is 7.45. The van der Waals surface area contributed by atoms with E-state index < -0.39 is 13.9 Å². The number of phosphoric ester groups is 1. The average Bonchev–Trinajstić information content (AvgIpc) is 3.08. The van der Waals surface area contributed by atoms with E-state index in [-0.39, 0.29) is 25.8 Å². The van der Waals surface area contributed by atoms with Gasteiger partial charge in [-0.15, -0.1) is 0 Å². The zero-order valence-corrected chi connectivity index (χ0v) is 35.2. The van der Waals surface area contributed by atoms with Gasteiger partial charge in [-0.2, -0.15) is 0 Å². The minimum atomic E-state index is -4.53. The maximum absolute atomic E-state index is 12.6. The molecule has 0 rings (SSSR count). The predicted octanol–water partition coefficient (Wildman–Crippen LogP) is 12.0. The quantitative estimate of drug-likeness (QED) is 0.0203. The molecule has 51 heavy (non-hydrogen) atoms. The Balaban J connectivity index is 4.27. The van der Waals surface area contributed by atoms with Gasteiger partial charge >= 0.3 is 5.97 Å². The summed E-state index contributed by atoms with van der Waals surface area (Å²) in [5.41, 5.74) is 0. The minimum absolute atomic E-state index is 0.0201. The number of carbonyl (C=O) groups excluding carboxylic acids is 1. The highest BCUT2D eigenvalue weighted by Crippen LogP contribution is 2.38. The zero-order valence-electron chi connectivity index (χ0n) is 34.3. The summed E-state index contributed by atoms with van der Waals surface area (Å²) in [6, 6.07) is 0. The molecule has 0 aliphatic carbocycles. The molecule has 0 aliphatic heterocycles. The molecule has 9 heteroatoms. The van der Waals surface area contributed by atoms with Crippen LogP contribution in [0.15, 0.2) is 12.3 Å². The molecular weight excluding hydrogens is 661 g/mol. The number of nitrogens with zero attached hydrogens (tertiary/aromatic N) is 1. The summed E-state index contributed by atoms with van der Waals surface area (Å²) in [5, 5.41) is 0. The fourth-order valence-corrected chi connectivity index (χ4v) is 6.77. The SMILES string of the molecule is CCCCCCCCCCCCCCCC/C=C/OC[C@H](COP(=O)([O-])OCC[N+](C)(C)C)OC(=O)CCCCCCCCCCCCCCC. The Morgan fingerprint density at radius 3 is 1.45 bits per heavy atom. The molecule has 0 N–H and O–H groups in total. The van der Waals surface area contributed by atoms with Crippen LogP contribution in [-0.4, -0.2) is 64.1 Å². The number of likely N-dealkylation sites (N-methyl/N-ethyl adjacent to an activating group) is 1. The van der Waals surface area contributed by atoms with Crippen molar-refractivity contribution in [2.24, 2.45) is 0 Å². The summed E-state index contributed by atoms with van der Waals surface area (Å²) in [5.74, 6) is -0.353. The van der Waals surface area contributed by atoms with Gasteiger partial charge in [-0.1, -0.05) is 174 Å². The molecule has 0 radical (unpaired) electrons. The number of allylic oxidation sites excluding steroid dienone is 1. The normalized spacial score (nSPS) is 13.8. The van der Waals surface area contributed by atoms with Gasteiger partial charge in [0.2, 0.25) is 0 Å². The number of unbranched alkanes of at least 4 members (excludes halogenated alkanes) is 26. The van der Waals surface area contributed by atoms with Crippen molar-refractivity contribution in [1.82, 2.24) is 0 Å². The summed E-state index contributed by atoms with van der Waals surface area (Å²) in [4.78, 5) is 25.0. The van der Waals surface area contributed by atoms with E-state index in [0.717, 1.165) is 32.1 Å². The van der Waals surface area contributed by atoms with Crippen LogP contribution in [0.25, 0.3) is 0 Å². The van der Waals surface area contributed by atoms with Crippen molar-refractivity contribution >= 4 is 13.8 Å². The van der Waals surface area contributed by atoms with Crippen LogP contribution in [0, 0.1) is 0 Å². The fraction of sp³-hybridized carbons (Fsp3) is 0.929. The van der Waals surface area contributed by atoms with Crippen molar-refractivity contribution in [3.63, 3.8) is 0 Å². The molecule has 0 amide bonds. The highest BCUT2D eigenvalue weighted by Gasteiger charge is 2.20. The number of carbonyl (C=O) groups is 1. The summed E-state index contributed by atoms with van der Waals surface area (Å²) in [7, 11) is 1.34. The first-order chi connectivity index (χ1) is 24.6. The molecule has 2 atom stereocenters. The molecule has 0 fully saturated rings. The van der Waals surface area contributed by atoms with E-state index in [9.17, 15) is 14.3 Å². The number of rotatable bonds is 40. The molecule has 304 valence electrons. The predicted molar refractivity (Wildman–Crippen MR) is 213 cm³/mol. The van der Waals surface area contributed by atoms with Crippen molar-refractivity contribution < 1.29 is 37.3 Å². The number of quaternary nitrogens is 1. The van der Waals surface area contributed by atoms with E-state index in [2.05, 4.69) is 13.8 Å². The van der Waals surface area contributed by atoms with Gasteiger partial charge in [-0.05, 0) is 25.3 Å². The maximum atomic E-state index is 12.6. The van der Waals surface area contributed by atoms with Gasteiger partial charge < -0.3 is 27.9 Å². The van der Waals surface area contributed by atoms with Gasteiger partial charge in [0, 0.05) is 6.42 Å². The Hall–Kier alpha value is -0.920. The molecule has 0 heterocycles. The van der Waals surface area contributed by atoms with Gasteiger partial charge in [0.25, 0.3) is 7.82 Å². The second-order valence-electron chi connectivity index (χ2n) is 15.8. The molecule has 0 aromatic heterocycles. The van der Waals surface area contributed by atoms with Gasteiger partial charge in [-0.25, -0.2) is 0 Å². The van der Waals surface area contributed by atoms with E-state index in [1.165, 1.54) is 148 Å². The number of phosphoric acid groups is 1. The molecule has 0 aromatic carbocycles. The van der Waals surface area contributed by atoms with Crippen molar-refractivity contribution in [1.29, 1.82) is 0 Å². The minimum Gasteiger partial charge on any atom is -0.756 e. The monoisotopic (exact) mass is 746 g/mol.